The van der Waals surface area contributed by atoms with Gasteiger partial charge in [0.2, 0.25) is 11.6 Å². The molecular weight excluding hydrogens is 292 g/mol. The first-order valence-electron chi connectivity index (χ1n) is 8.91. The van der Waals surface area contributed by atoms with Gasteiger partial charge in [0.05, 0.1) is 0 Å². The Morgan fingerprint density at radius 2 is 1.43 bits per heavy atom. The van der Waals surface area contributed by atoms with E-state index in [2.05, 4.69) is 0 Å². The van der Waals surface area contributed by atoms with E-state index >= 15 is 0 Å². The van der Waals surface area contributed by atoms with Gasteiger partial charge in [-0.15, -0.1) is 0 Å². The van der Waals surface area contributed by atoms with E-state index in [1.807, 2.05) is 13.8 Å². The lowest BCUT2D eigenvalue weighted by molar-refractivity contribution is -0.143. The monoisotopic (exact) mass is 324 g/mol. The fourth-order valence-corrected chi connectivity index (χ4v) is 2.91. The minimum absolute atomic E-state index is 0.238. The molecular formula is C19H32O4. The third kappa shape index (κ3) is 7.67. The number of hydrogen-bond donors (Lipinski definition) is 0. The Morgan fingerprint density at radius 1 is 0.870 bits per heavy atom. The average Bonchev–Trinajstić information content (AvgIpc) is 2.56. The molecule has 0 aliphatic carbocycles. The van der Waals surface area contributed by atoms with Crippen LogP contribution in [0.1, 0.15) is 72.6 Å². The Kier molecular flexibility index (Phi) is 11.4. The summed E-state index contributed by atoms with van der Waals surface area (Å²) in [7, 11) is 0. The lowest BCUT2D eigenvalue weighted by Gasteiger charge is -2.22. The van der Waals surface area contributed by atoms with Gasteiger partial charge in [-0.3, -0.25) is 9.59 Å². The number of hydrogen-bond acceptors (Lipinski definition) is 4. The summed E-state index contributed by atoms with van der Waals surface area (Å²) in [6.07, 6.45) is 6.88. The Labute approximate surface area is 140 Å². The van der Waals surface area contributed by atoms with Crippen molar-refractivity contribution in [3.05, 3.63) is 0 Å². The van der Waals surface area contributed by atoms with E-state index in [0.29, 0.717) is 19.3 Å². The molecule has 23 heavy (non-hydrogen) atoms. The van der Waals surface area contributed by atoms with Crippen LogP contribution < -0.4 is 0 Å². The summed E-state index contributed by atoms with van der Waals surface area (Å²) in [5.74, 6) is -2.42. The topological polar surface area (TPSA) is 68.3 Å². The summed E-state index contributed by atoms with van der Waals surface area (Å²) in [4.78, 5) is 47.2. The molecule has 0 saturated carbocycles. The van der Waals surface area contributed by atoms with Crippen LogP contribution in [0.2, 0.25) is 0 Å². The second-order valence-corrected chi connectivity index (χ2v) is 6.67. The molecule has 4 heteroatoms. The van der Waals surface area contributed by atoms with Crippen molar-refractivity contribution in [3.8, 4) is 0 Å². The smallest absolute Gasteiger partial charge is 0.202 e. The van der Waals surface area contributed by atoms with Crippen molar-refractivity contribution in [1.29, 1.82) is 0 Å². The van der Waals surface area contributed by atoms with Crippen LogP contribution in [0.4, 0.5) is 0 Å². The van der Waals surface area contributed by atoms with Gasteiger partial charge in [0.15, 0.2) is 0 Å². The number of aldehydes is 2. The molecule has 0 aromatic carbocycles. The van der Waals surface area contributed by atoms with Crippen molar-refractivity contribution in [2.24, 2.45) is 23.7 Å². The predicted octanol–water partition coefficient (Wildman–Crippen LogP) is 3.80. The van der Waals surface area contributed by atoms with Crippen LogP contribution in [0.3, 0.4) is 0 Å². The quantitative estimate of drug-likeness (QED) is 0.360. The highest BCUT2D eigenvalue weighted by atomic mass is 16.2. The molecule has 0 aliphatic heterocycles. The molecule has 0 spiro atoms. The van der Waals surface area contributed by atoms with E-state index in [-0.39, 0.29) is 11.8 Å². The Morgan fingerprint density at radius 3 is 1.91 bits per heavy atom. The number of carbonyl (C=O) groups excluding carboxylic acids is 4. The van der Waals surface area contributed by atoms with Gasteiger partial charge < -0.3 is 9.59 Å². The molecule has 0 heterocycles. The zero-order chi connectivity index (χ0) is 17.8. The van der Waals surface area contributed by atoms with Gasteiger partial charge in [0.1, 0.15) is 12.6 Å². The van der Waals surface area contributed by atoms with Crippen molar-refractivity contribution in [2.45, 2.75) is 72.6 Å². The molecule has 0 aliphatic rings. The molecule has 0 bridgehead atoms. The number of carbonyl (C=O) groups is 4. The second-order valence-electron chi connectivity index (χ2n) is 6.67. The summed E-state index contributed by atoms with van der Waals surface area (Å²) < 4.78 is 0. The van der Waals surface area contributed by atoms with E-state index < -0.39 is 23.4 Å². The molecule has 0 fully saturated rings. The lowest BCUT2D eigenvalue weighted by atomic mass is 9.78. The van der Waals surface area contributed by atoms with E-state index in [4.69, 9.17) is 0 Å². The first-order valence-corrected chi connectivity index (χ1v) is 8.91. The van der Waals surface area contributed by atoms with E-state index in [0.717, 1.165) is 38.3 Å². The molecule has 4 unspecified atom stereocenters. The molecule has 4 nitrogen and oxygen atoms in total. The third-order valence-electron chi connectivity index (χ3n) is 4.44. The van der Waals surface area contributed by atoms with Crippen LogP contribution >= 0.6 is 0 Å². The maximum atomic E-state index is 12.6. The largest absolute Gasteiger partial charge is 0.303 e. The molecule has 0 rings (SSSR count). The van der Waals surface area contributed by atoms with Crippen LogP contribution in [0.5, 0.6) is 0 Å². The fraction of sp³-hybridized carbons (Fsp3) is 0.789. The first-order chi connectivity index (χ1) is 10.9. The summed E-state index contributed by atoms with van der Waals surface area (Å²) in [5, 5.41) is 0. The second kappa shape index (κ2) is 12.1. The molecule has 0 N–H and O–H groups in total. The highest BCUT2D eigenvalue weighted by molar-refractivity contribution is 6.38. The Bertz CT molecular complexity index is 389. The molecule has 0 saturated heterocycles. The first kappa shape index (κ1) is 21.7. The number of Topliss-reactive ketones (excluding diaryl/α,β-unsaturated/α-hetero) is 2. The van der Waals surface area contributed by atoms with E-state index in [1.165, 1.54) is 0 Å². The van der Waals surface area contributed by atoms with E-state index in [1.54, 1.807) is 13.8 Å². The summed E-state index contributed by atoms with van der Waals surface area (Å²) in [6.45, 7) is 7.50. The molecule has 0 aromatic heterocycles. The molecule has 132 valence electrons. The summed E-state index contributed by atoms with van der Waals surface area (Å²) in [6, 6.07) is 0. The standard InChI is InChI=1S/C19H32O4/c1-5-7-9-16(13-21)17(10-8-6-2)19(23)18(22)15(4)11-14(3)12-20/h12-17H,5-11H2,1-4H3. The average molecular weight is 324 g/mol. The SMILES string of the molecule is CCCCC(C=O)C(CCCC)C(=O)C(=O)C(C)CC(C)C=O. The Hall–Kier alpha value is -1.32. The van der Waals surface area contributed by atoms with Crippen molar-refractivity contribution >= 4 is 24.1 Å². The zero-order valence-electron chi connectivity index (χ0n) is 15.0. The van der Waals surface area contributed by atoms with Gasteiger partial charge in [0.25, 0.3) is 0 Å². The third-order valence-corrected chi connectivity index (χ3v) is 4.44. The van der Waals surface area contributed by atoms with Gasteiger partial charge >= 0.3 is 0 Å². The Balaban J connectivity index is 5.05. The van der Waals surface area contributed by atoms with Crippen LogP contribution in [-0.4, -0.2) is 24.1 Å². The zero-order valence-corrected chi connectivity index (χ0v) is 15.0. The number of unbranched alkanes of at least 4 members (excludes halogenated alkanes) is 2. The van der Waals surface area contributed by atoms with Gasteiger partial charge in [-0.05, 0) is 19.3 Å². The normalized spacial score (nSPS) is 16.2. The van der Waals surface area contributed by atoms with Crippen LogP contribution in [-0.2, 0) is 19.2 Å². The minimum Gasteiger partial charge on any atom is -0.303 e. The molecule has 0 amide bonds. The minimum atomic E-state index is -0.500. The van der Waals surface area contributed by atoms with Gasteiger partial charge in [0, 0.05) is 23.7 Å². The van der Waals surface area contributed by atoms with Crippen LogP contribution in [0, 0.1) is 23.7 Å². The maximum absolute atomic E-state index is 12.6. The predicted molar refractivity (Wildman–Crippen MR) is 91.1 cm³/mol. The van der Waals surface area contributed by atoms with Crippen molar-refractivity contribution < 1.29 is 19.2 Å². The molecule has 4 atom stereocenters. The van der Waals surface area contributed by atoms with Crippen molar-refractivity contribution in [3.63, 3.8) is 0 Å². The van der Waals surface area contributed by atoms with Gasteiger partial charge in [-0.25, -0.2) is 0 Å². The summed E-state index contributed by atoms with van der Waals surface area (Å²) >= 11 is 0. The van der Waals surface area contributed by atoms with Crippen molar-refractivity contribution in [2.75, 3.05) is 0 Å². The number of ketones is 2. The van der Waals surface area contributed by atoms with Crippen molar-refractivity contribution in [1.82, 2.24) is 0 Å². The highest BCUT2D eigenvalue weighted by Crippen LogP contribution is 2.26. The molecule has 0 radical (unpaired) electrons. The lowest BCUT2D eigenvalue weighted by Crippen LogP contribution is -2.34. The van der Waals surface area contributed by atoms with E-state index in [9.17, 15) is 19.2 Å². The van der Waals surface area contributed by atoms with Crippen LogP contribution in [0.25, 0.3) is 0 Å². The fourth-order valence-electron chi connectivity index (χ4n) is 2.91. The maximum Gasteiger partial charge on any atom is 0.202 e. The summed E-state index contributed by atoms with van der Waals surface area (Å²) in [5.41, 5.74) is 0. The van der Waals surface area contributed by atoms with Crippen LogP contribution in [0.15, 0.2) is 0 Å². The van der Waals surface area contributed by atoms with Gasteiger partial charge in [-0.1, -0.05) is 53.4 Å². The number of rotatable bonds is 14. The highest BCUT2D eigenvalue weighted by Gasteiger charge is 2.33. The molecule has 0 aromatic rings. The van der Waals surface area contributed by atoms with Gasteiger partial charge in [-0.2, -0.15) is 0 Å².